The van der Waals surface area contributed by atoms with Crippen molar-refractivity contribution in [3.8, 4) is 11.4 Å². The molecule has 3 aromatic rings. The number of carbonyl (C=O) groups is 2. The molecular formula is C23H24ClN3O3. The number of aromatic nitrogens is 2. The standard InChI is InChI=1S/C23H24ClN3O3/c1-2-30-23(29)17-8-11-20-19(15-17)25-22(16-6-9-18(24)10-7-16)27(20)14-4-13-26-12-3-5-21(26)28/h6-11,15H,2-5,12-14H2,1H3. The highest BCUT2D eigenvalue weighted by Gasteiger charge is 2.20. The third-order valence-electron chi connectivity index (χ3n) is 5.34. The molecule has 6 nitrogen and oxygen atoms in total. The highest BCUT2D eigenvalue weighted by Crippen LogP contribution is 2.27. The van der Waals surface area contributed by atoms with Gasteiger partial charge in [-0.2, -0.15) is 0 Å². The number of hydrogen-bond acceptors (Lipinski definition) is 4. The number of imidazole rings is 1. The lowest BCUT2D eigenvalue weighted by molar-refractivity contribution is -0.127. The molecule has 0 atom stereocenters. The Morgan fingerprint density at radius 2 is 1.97 bits per heavy atom. The number of likely N-dealkylation sites (tertiary alicyclic amines) is 1. The van der Waals surface area contributed by atoms with E-state index in [1.165, 1.54) is 0 Å². The maximum Gasteiger partial charge on any atom is 0.338 e. The van der Waals surface area contributed by atoms with Gasteiger partial charge in [0.1, 0.15) is 5.82 Å². The van der Waals surface area contributed by atoms with E-state index >= 15 is 0 Å². The van der Waals surface area contributed by atoms with Crippen LogP contribution in [0.1, 0.15) is 36.5 Å². The summed E-state index contributed by atoms with van der Waals surface area (Å²) in [5.74, 6) is 0.701. The van der Waals surface area contributed by atoms with Crippen molar-refractivity contribution >= 4 is 34.5 Å². The van der Waals surface area contributed by atoms with Crippen molar-refractivity contribution in [1.29, 1.82) is 0 Å². The van der Waals surface area contributed by atoms with E-state index in [1.807, 2.05) is 35.2 Å². The van der Waals surface area contributed by atoms with E-state index in [1.54, 1.807) is 19.1 Å². The van der Waals surface area contributed by atoms with Gasteiger partial charge in [0.25, 0.3) is 0 Å². The van der Waals surface area contributed by atoms with Gasteiger partial charge in [-0.15, -0.1) is 0 Å². The normalized spacial score (nSPS) is 13.9. The predicted octanol–water partition coefficient (Wildman–Crippen LogP) is 4.55. The van der Waals surface area contributed by atoms with Crippen LogP contribution in [-0.4, -0.2) is 46.0 Å². The first-order valence-corrected chi connectivity index (χ1v) is 10.7. The van der Waals surface area contributed by atoms with E-state index in [2.05, 4.69) is 4.57 Å². The van der Waals surface area contributed by atoms with E-state index in [-0.39, 0.29) is 11.9 Å². The Kier molecular flexibility index (Phi) is 6.04. The van der Waals surface area contributed by atoms with Crippen LogP contribution in [-0.2, 0) is 16.1 Å². The quantitative estimate of drug-likeness (QED) is 0.521. The van der Waals surface area contributed by atoms with Crippen molar-refractivity contribution in [2.45, 2.75) is 32.7 Å². The van der Waals surface area contributed by atoms with Crippen LogP contribution in [0.25, 0.3) is 22.4 Å². The van der Waals surface area contributed by atoms with Gasteiger partial charge in [-0.25, -0.2) is 9.78 Å². The molecule has 4 rings (SSSR count). The van der Waals surface area contributed by atoms with Crippen molar-refractivity contribution in [3.63, 3.8) is 0 Å². The summed E-state index contributed by atoms with van der Waals surface area (Å²) in [5, 5.41) is 0.665. The Morgan fingerprint density at radius 3 is 2.67 bits per heavy atom. The average Bonchev–Trinajstić information content (AvgIpc) is 3.32. The molecule has 1 saturated heterocycles. The van der Waals surface area contributed by atoms with E-state index in [4.69, 9.17) is 21.3 Å². The van der Waals surface area contributed by atoms with Crippen molar-refractivity contribution in [2.75, 3.05) is 19.7 Å². The lowest BCUT2D eigenvalue weighted by Crippen LogP contribution is -2.26. The summed E-state index contributed by atoms with van der Waals surface area (Å²) in [6.45, 7) is 4.42. The first kappa shape index (κ1) is 20.4. The number of esters is 1. The molecule has 7 heteroatoms. The molecule has 1 fully saturated rings. The van der Waals surface area contributed by atoms with Crippen LogP contribution in [0.5, 0.6) is 0 Å². The van der Waals surface area contributed by atoms with Crippen molar-refractivity contribution in [1.82, 2.24) is 14.5 Å². The molecular weight excluding hydrogens is 402 g/mol. The SMILES string of the molecule is CCOC(=O)c1ccc2c(c1)nc(-c1ccc(Cl)cc1)n2CCCN1CCCC1=O. The molecule has 2 aromatic carbocycles. The van der Waals surface area contributed by atoms with Gasteiger partial charge in [-0.1, -0.05) is 11.6 Å². The van der Waals surface area contributed by atoms with Crippen molar-refractivity contribution in [2.24, 2.45) is 0 Å². The van der Waals surface area contributed by atoms with Gasteiger partial charge >= 0.3 is 5.97 Å². The number of halogens is 1. The van der Waals surface area contributed by atoms with Gasteiger partial charge < -0.3 is 14.2 Å². The fourth-order valence-electron chi connectivity index (χ4n) is 3.88. The summed E-state index contributed by atoms with van der Waals surface area (Å²) in [7, 11) is 0. The molecule has 0 bridgehead atoms. The molecule has 0 aliphatic carbocycles. The number of rotatable bonds is 7. The molecule has 0 saturated carbocycles. The molecule has 156 valence electrons. The summed E-state index contributed by atoms with van der Waals surface area (Å²) in [4.78, 5) is 30.8. The molecule has 0 spiro atoms. The minimum atomic E-state index is -0.352. The zero-order chi connectivity index (χ0) is 21.1. The van der Waals surface area contributed by atoms with Crippen LogP contribution < -0.4 is 0 Å². The highest BCUT2D eigenvalue weighted by atomic mass is 35.5. The second-order valence-electron chi connectivity index (χ2n) is 7.36. The third-order valence-corrected chi connectivity index (χ3v) is 5.59. The monoisotopic (exact) mass is 425 g/mol. The highest BCUT2D eigenvalue weighted by molar-refractivity contribution is 6.30. The van der Waals surface area contributed by atoms with Crippen LogP contribution in [0.4, 0.5) is 0 Å². The van der Waals surface area contributed by atoms with Crippen LogP contribution >= 0.6 is 11.6 Å². The molecule has 1 aliphatic heterocycles. The Balaban J connectivity index is 1.67. The molecule has 1 aliphatic rings. The molecule has 0 N–H and O–H groups in total. The van der Waals surface area contributed by atoms with E-state index in [9.17, 15) is 9.59 Å². The molecule has 1 aromatic heterocycles. The van der Waals surface area contributed by atoms with Crippen molar-refractivity contribution < 1.29 is 14.3 Å². The molecule has 1 amide bonds. The summed E-state index contributed by atoms with van der Waals surface area (Å²) in [5.41, 5.74) is 3.12. The first-order chi connectivity index (χ1) is 14.6. The Hall–Kier alpha value is -2.86. The number of amides is 1. The van der Waals surface area contributed by atoms with Crippen LogP contribution in [0, 0.1) is 0 Å². The smallest absolute Gasteiger partial charge is 0.338 e. The lowest BCUT2D eigenvalue weighted by Gasteiger charge is -2.16. The second kappa shape index (κ2) is 8.88. The number of fused-ring (bicyclic) bond motifs is 1. The predicted molar refractivity (Wildman–Crippen MR) is 117 cm³/mol. The van der Waals surface area contributed by atoms with Gasteiger partial charge in [-0.3, -0.25) is 4.79 Å². The second-order valence-corrected chi connectivity index (χ2v) is 7.79. The van der Waals surface area contributed by atoms with Gasteiger partial charge in [0.2, 0.25) is 5.91 Å². The number of aryl methyl sites for hydroxylation is 1. The molecule has 2 heterocycles. The van der Waals surface area contributed by atoms with Crippen LogP contribution in [0.15, 0.2) is 42.5 Å². The number of carbonyl (C=O) groups excluding carboxylic acids is 2. The van der Waals surface area contributed by atoms with Crippen LogP contribution in [0.3, 0.4) is 0 Å². The fraction of sp³-hybridized carbons (Fsp3) is 0.348. The Morgan fingerprint density at radius 1 is 1.17 bits per heavy atom. The largest absolute Gasteiger partial charge is 0.462 e. The minimum absolute atomic E-state index is 0.238. The van der Waals surface area contributed by atoms with Crippen LogP contribution in [0.2, 0.25) is 5.02 Å². The number of hydrogen-bond donors (Lipinski definition) is 0. The van der Waals surface area contributed by atoms with Crippen molar-refractivity contribution in [3.05, 3.63) is 53.1 Å². The number of benzene rings is 2. The third kappa shape index (κ3) is 4.19. The first-order valence-electron chi connectivity index (χ1n) is 10.3. The van der Waals surface area contributed by atoms with Gasteiger partial charge in [0, 0.05) is 36.6 Å². The zero-order valence-corrected chi connectivity index (χ0v) is 17.7. The topological polar surface area (TPSA) is 64.4 Å². The summed E-state index contributed by atoms with van der Waals surface area (Å²) in [6, 6.07) is 13.0. The van der Waals surface area contributed by atoms with E-state index in [0.717, 1.165) is 54.9 Å². The maximum atomic E-state index is 12.1. The molecule has 30 heavy (non-hydrogen) atoms. The summed E-state index contributed by atoms with van der Waals surface area (Å²) < 4.78 is 7.26. The maximum absolute atomic E-state index is 12.1. The minimum Gasteiger partial charge on any atom is -0.462 e. The number of ether oxygens (including phenoxy) is 1. The fourth-order valence-corrected chi connectivity index (χ4v) is 4.00. The lowest BCUT2D eigenvalue weighted by atomic mass is 10.2. The average molecular weight is 426 g/mol. The molecule has 0 unspecified atom stereocenters. The summed E-state index contributed by atoms with van der Waals surface area (Å²) in [6.07, 6.45) is 2.43. The van der Waals surface area contributed by atoms with Gasteiger partial charge in [0.15, 0.2) is 0 Å². The van der Waals surface area contributed by atoms with E-state index < -0.39 is 0 Å². The molecule has 0 radical (unpaired) electrons. The summed E-state index contributed by atoms with van der Waals surface area (Å²) >= 11 is 6.06. The van der Waals surface area contributed by atoms with E-state index in [0.29, 0.717) is 23.6 Å². The Bertz CT molecular complexity index is 1080. The zero-order valence-electron chi connectivity index (χ0n) is 16.9. The number of nitrogens with zero attached hydrogens (tertiary/aromatic N) is 3. The Labute approximate surface area is 180 Å². The van der Waals surface area contributed by atoms with Gasteiger partial charge in [-0.05, 0) is 62.2 Å². The van der Waals surface area contributed by atoms with Gasteiger partial charge in [0.05, 0.1) is 23.2 Å².